The van der Waals surface area contributed by atoms with Gasteiger partial charge < -0.3 is 4.74 Å². The average Bonchev–Trinajstić information content (AvgIpc) is 2.24. The summed E-state index contributed by atoms with van der Waals surface area (Å²) in [4.78, 5) is 11.2. The lowest BCUT2D eigenvalue weighted by Crippen LogP contribution is -2.06. The Kier molecular flexibility index (Phi) is 4.90. The quantitative estimate of drug-likeness (QED) is 0.630. The highest BCUT2D eigenvalue weighted by molar-refractivity contribution is 9.10. The fourth-order valence-electron chi connectivity index (χ4n) is 1.13. The molecule has 0 radical (unpaired) electrons. The van der Waals surface area contributed by atoms with Crippen LogP contribution in [0, 0.1) is 0 Å². The monoisotopic (exact) mass is 310 g/mol. The maximum absolute atomic E-state index is 11.2. The first-order valence-electron chi connectivity index (χ1n) is 4.18. The number of hydrogen-bond donors (Lipinski definition) is 0. The molecule has 0 spiro atoms. The Morgan fingerprint density at radius 3 is 2.73 bits per heavy atom. The van der Waals surface area contributed by atoms with Gasteiger partial charge in [0.1, 0.15) is 0 Å². The van der Waals surface area contributed by atoms with E-state index in [1.807, 2.05) is 6.07 Å². The van der Waals surface area contributed by atoms with Gasteiger partial charge in [0.2, 0.25) is 0 Å². The number of esters is 1. The number of ether oxygens (including phenoxy) is 1. The number of benzene rings is 1. The summed E-state index contributed by atoms with van der Waals surface area (Å²) >= 11 is 15.1. The normalized spacial score (nSPS) is 10.1. The first-order chi connectivity index (χ1) is 7.10. The molecule has 0 aromatic heterocycles. The number of methoxy groups -OCH3 is 1. The van der Waals surface area contributed by atoms with E-state index in [1.165, 1.54) is 7.11 Å². The van der Waals surface area contributed by atoms with Crippen LogP contribution in [0.15, 0.2) is 16.6 Å². The highest BCUT2D eigenvalue weighted by Crippen LogP contribution is 2.30. The third-order valence-corrected chi connectivity index (χ3v) is 3.59. The van der Waals surface area contributed by atoms with E-state index in [9.17, 15) is 4.79 Å². The van der Waals surface area contributed by atoms with Crippen molar-refractivity contribution in [1.29, 1.82) is 0 Å². The standard InChI is InChI=1S/C10H9BrCl2O2/c1-15-9(14)4-7-8(13)3-2-6(5-12)10(7)11/h2-3H,4-5H2,1H3. The zero-order chi connectivity index (χ0) is 11.4. The van der Waals surface area contributed by atoms with Crippen LogP contribution in [-0.2, 0) is 21.8 Å². The fourth-order valence-corrected chi connectivity index (χ4v) is 2.48. The van der Waals surface area contributed by atoms with Crippen LogP contribution in [0.25, 0.3) is 0 Å². The Labute approximate surface area is 107 Å². The van der Waals surface area contributed by atoms with Crippen molar-refractivity contribution < 1.29 is 9.53 Å². The lowest BCUT2D eigenvalue weighted by Gasteiger charge is -2.09. The third kappa shape index (κ3) is 3.10. The van der Waals surface area contributed by atoms with Crippen LogP contribution >= 0.6 is 39.1 Å². The van der Waals surface area contributed by atoms with Gasteiger partial charge in [-0.3, -0.25) is 4.79 Å². The maximum atomic E-state index is 11.2. The van der Waals surface area contributed by atoms with Gasteiger partial charge in [0.05, 0.1) is 13.5 Å². The van der Waals surface area contributed by atoms with Gasteiger partial charge in [-0.2, -0.15) is 0 Å². The van der Waals surface area contributed by atoms with E-state index < -0.39 is 0 Å². The van der Waals surface area contributed by atoms with Crippen molar-refractivity contribution in [2.45, 2.75) is 12.3 Å². The SMILES string of the molecule is COC(=O)Cc1c(Cl)ccc(CCl)c1Br. The summed E-state index contributed by atoms with van der Waals surface area (Å²) in [6.45, 7) is 0. The molecule has 5 heteroatoms. The number of hydrogen-bond acceptors (Lipinski definition) is 2. The molecule has 0 N–H and O–H groups in total. The zero-order valence-corrected chi connectivity index (χ0v) is 11.1. The molecule has 1 rings (SSSR count). The van der Waals surface area contributed by atoms with E-state index in [2.05, 4.69) is 20.7 Å². The minimum Gasteiger partial charge on any atom is -0.469 e. The van der Waals surface area contributed by atoms with E-state index in [0.717, 1.165) is 10.0 Å². The van der Waals surface area contributed by atoms with Gasteiger partial charge >= 0.3 is 5.97 Å². The molecule has 0 atom stereocenters. The lowest BCUT2D eigenvalue weighted by molar-refractivity contribution is -0.139. The Balaban J connectivity index is 3.09. The summed E-state index contributed by atoms with van der Waals surface area (Å²) in [7, 11) is 1.34. The minimum absolute atomic E-state index is 0.140. The summed E-state index contributed by atoms with van der Waals surface area (Å²) in [5.41, 5.74) is 1.61. The molecule has 1 aromatic carbocycles. The molecular formula is C10H9BrCl2O2. The van der Waals surface area contributed by atoms with E-state index in [0.29, 0.717) is 16.5 Å². The Morgan fingerprint density at radius 1 is 1.53 bits per heavy atom. The van der Waals surface area contributed by atoms with Crippen molar-refractivity contribution in [3.63, 3.8) is 0 Å². The number of halogens is 3. The number of carbonyl (C=O) groups is 1. The van der Waals surface area contributed by atoms with Crippen LogP contribution in [0.2, 0.25) is 5.02 Å². The highest BCUT2D eigenvalue weighted by atomic mass is 79.9. The molecule has 0 aliphatic carbocycles. The summed E-state index contributed by atoms with van der Waals surface area (Å²) in [6, 6.07) is 3.54. The predicted molar refractivity (Wildman–Crippen MR) is 64.4 cm³/mol. The fraction of sp³-hybridized carbons (Fsp3) is 0.300. The van der Waals surface area contributed by atoms with Crippen LogP contribution < -0.4 is 0 Å². The van der Waals surface area contributed by atoms with Crippen molar-refractivity contribution in [3.8, 4) is 0 Å². The topological polar surface area (TPSA) is 26.3 Å². The Morgan fingerprint density at radius 2 is 2.20 bits per heavy atom. The average molecular weight is 312 g/mol. The molecule has 2 nitrogen and oxygen atoms in total. The third-order valence-electron chi connectivity index (χ3n) is 1.96. The molecule has 0 amide bonds. The molecule has 0 heterocycles. The van der Waals surface area contributed by atoms with Gasteiger partial charge in [-0.05, 0) is 17.2 Å². The smallest absolute Gasteiger partial charge is 0.310 e. The molecule has 0 bridgehead atoms. The van der Waals surface area contributed by atoms with Crippen LogP contribution in [-0.4, -0.2) is 13.1 Å². The molecule has 1 aromatic rings. The van der Waals surface area contributed by atoms with Gasteiger partial charge in [-0.25, -0.2) is 0 Å². The molecule has 82 valence electrons. The first kappa shape index (κ1) is 12.8. The van der Waals surface area contributed by atoms with E-state index >= 15 is 0 Å². The number of rotatable bonds is 3. The van der Waals surface area contributed by atoms with Crippen LogP contribution in [0.4, 0.5) is 0 Å². The van der Waals surface area contributed by atoms with Crippen LogP contribution in [0.1, 0.15) is 11.1 Å². The largest absolute Gasteiger partial charge is 0.469 e. The van der Waals surface area contributed by atoms with E-state index in [1.54, 1.807) is 6.07 Å². The predicted octanol–water partition coefficient (Wildman–Crippen LogP) is 3.56. The second-order valence-electron chi connectivity index (χ2n) is 2.89. The Hall–Kier alpha value is -0.250. The highest BCUT2D eigenvalue weighted by Gasteiger charge is 2.13. The second-order valence-corrected chi connectivity index (χ2v) is 4.35. The summed E-state index contributed by atoms with van der Waals surface area (Å²) in [5, 5.41) is 0.529. The molecule has 0 fully saturated rings. The van der Waals surface area contributed by atoms with Crippen molar-refractivity contribution in [2.75, 3.05) is 7.11 Å². The van der Waals surface area contributed by atoms with E-state index in [4.69, 9.17) is 23.2 Å². The van der Waals surface area contributed by atoms with Crippen molar-refractivity contribution in [2.24, 2.45) is 0 Å². The maximum Gasteiger partial charge on any atom is 0.310 e. The van der Waals surface area contributed by atoms with E-state index in [-0.39, 0.29) is 12.4 Å². The number of carbonyl (C=O) groups excluding carboxylic acids is 1. The zero-order valence-electron chi connectivity index (χ0n) is 8.02. The first-order valence-corrected chi connectivity index (χ1v) is 5.89. The summed E-state index contributed by atoms with van der Waals surface area (Å²) in [6.07, 6.45) is 0.140. The number of alkyl halides is 1. The van der Waals surface area contributed by atoms with Gasteiger partial charge in [-0.15, -0.1) is 11.6 Å². The minimum atomic E-state index is -0.329. The van der Waals surface area contributed by atoms with Gasteiger partial charge in [0.25, 0.3) is 0 Å². The van der Waals surface area contributed by atoms with Crippen molar-refractivity contribution in [3.05, 3.63) is 32.8 Å². The van der Waals surface area contributed by atoms with Crippen molar-refractivity contribution >= 4 is 45.1 Å². The van der Waals surface area contributed by atoms with Gasteiger partial charge in [0, 0.05) is 15.4 Å². The second kappa shape index (κ2) is 5.73. The molecule has 0 unspecified atom stereocenters. The molecule has 15 heavy (non-hydrogen) atoms. The van der Waals surface area contributed by atoms with Crippen LogP contribution in [0.5, 0.6) is 0 Å². The molecule has 0 aliphatic rings. The Bertz CT molecular complexity index is 380. The molecule has 0 saturated carbocycles. The summed E-state index contributed by atoms with van der Waals surface area (Å²) in [5.74, 6) is 0.0377. The van der Waals surface area contributed by atoms with Crippen LogP contribution in [0.3, 0.4) is 0 Å². The molecule has 0 aliphatic heterocycles. The summed E-state index contributed by atoms with van der Waals surface area (Å²) < 4.78 is 5.36. The van der Waals surface area contributed by atoms with Gasteiger partial charge in [-0.1, -0.05) is 33.6 Å². The lowest BCUT2D eigenvalue weighted by atomic mass is 10.1. The molecule has 0 saturated heterocycles. The van der Waals surface area contributed by atoms with Crippen molar-refractivity contribution in [1.82, 2.24) is 0 Å². The van der Waals surface area contributed by atoms with Gasteiger partial charge in [0.15, 0.2) is 0 Å². The molecular weight excluding hydrogens is 303 g/mol.